The van der Waals surface area contributed by atoms with Crippen LogP contribution >= 0.6 is 23.7 Å². The largest absolute Gasteiger partial charge is 0.402 e. The maximum atomic E-state index is 11.4. The van der Waals surface area contributed by atoms with Crippen LogP contribution in [0.25, 0.3) is 0 Å². The topological polar surface area (TPSA) is 87.9 Å². The summed E-state index contributed by atoms with van der Waals surface area (Å²) in [5, 5.41) is 0. The molecule has 0 bridgehead atoms. The molecule has 1 aliphatic heterocycles. The molecule has 0 radical (unpaired) electrons. The van der Waals surface area contributed by atoms with Gasteiger partial charge >= 0.3 is 7.75 Å². The highest BCUT2D eigenvalue weighted by Crippen LogP contribution is 2.54. The molecule has 16 heavy (non-hydrogen) atoms. The van der Waals surface area contributed by atoms with E-state index in [2.05, 4.69) is 8.93 Å². The summed E-state index contributed by atoms with van der Waals surface area (Å²) in [4.78, 5) is 0. The molecule has 2 unspecified atom stereocenters. The first kappa shape index (κ1) is 14.8. The molecule has 1 heterocycles. The van der Waals surface area contributed by atoms with Crippen LogP contribution in [-0.4, -0.2) is 26.5 Å². The lowest BCUT2D eigenvalue weighted by Crippen LogP contribution is -2.39. The fourth-order valence-corrected chi connectivity index (χ4v) is 2.92. The van der Waals surface area contributed by atoms with Crippen LogP contribution in [0.4, 0.5) is 0 Å². The van der Waals surface area contributed by atoms with E-state index in [0.717, 1.165) is 0 Å². The molecule has 1 aliphatic rings. The maximum absolute atomic E-state index is 11.4. The first-order valence-electron chi connectivity index (χ1n) is 4.86. The Bertz CT molecular complexity index is 329. The summed E-state index contributed by atoms with van der Waals surface area (Å²) in [6, 6.07) is 0. The minimum absolute atomic E-state index is 0.196. The second kappa shape index (κ2) is 5.16. The minimum Gasteiger partial charge on any atom is -0.325 e. The van der Waals surface area contributed by atoms with E-state index in [1.54, 1.807) is 0 Å². The molecule has 0 aromatic rings. The molecule has 0 aromatic heterocycles. The van der Waals surface area contributed by atoms with E-state index in [1.807, 2.05) is 6.92 Å². The van der Waals surface area contributed by atoms with Crippen LogP contribution in [0, 0.1) is 5.41 Å². The zero-order chi connectivity index (χ0) is 12.4. The molecule has 0 aromatic carbocycles. The predicted octanol–water partition coefficient (Wildman–Crippen LogP) is 2.21. The molecular formula is C7H18NO5P3. The van der Waals surface area contributed by atoms with E-state index in [9.17, 15) is 9.13 Å². The van der Waals surface area contributed by atoms with Gasteiger partial charge in [0.2, 0.25) is 7.06 Å². The molecule has 2 N–H and O–H groups in total. The van der Waals surface area contributed by atoms with Crippen molar-refractivity contribution in [1.29, 1.82) is 0 Å². The van der Waals surface area contributed by atoms with Gasteiger partial charge in [0.15, 0.2) is 0 Å². The average molecular weight is 289 g/mol. The lowest BCUT2D eigenvalue weighted by Gasteiger charge is -2.37. The van der Waals surface area contributed by atoms with Crippen LogP contribution in [0.5, 0.6) is 0 Å². The van der Waals surface area contributed by atoms with Gasteiger partial charge in [-0.05, 0) is 15.3 Å². The second-order valence-corrected chi connectivity index (χ2v) is 10.6. The van der Waals surface area contributed by atoms with Crippen molar-refractivity contribution < 1.29 is 22.7 Å². The van der Waals surface area contributed by atoms with Crippen LogP contribution in [0.2, 0.25) is 0 Å². The highest BCUT2D eigenvalue weighted by molar-refractivity contribution is 8.14. The van der Waals surface area contributed by atoms with Crippen molar-refractivity contribution in [2.45, 2.75) is 13.3 Å². The standard InChI is InChI=1S/C7H18NO5P3/c1-3-7(4-11-15(2,9)14)5-12-16(8,10)13-6-7/h3-6,14H2,1-2H3,(H2,8,10). The smallest absolute Gasteiger partial charge is 0.325 e. The predicted molar refractivity (Wildman–Crippen MR) is 65.6 cm³/mol. The van der Waals surface area contributed by atoms with Crippen molar-refractivity contribution in [2.75, 3.05) is 26.5 Å². The van der Waals surface area contributed by atoms with Gasteiger partial charge in [-0.25, -0.2) is 10.1 Å². The van der Waals surface area contributed by atoms with Crippen LogP contribution in [0.3, 0.4) is 0 Å². The van der Waals surface area contributed by atoms with E-state index in [0.29, 0.717) is 6.42 Å². The van der Waals surface area contributed by atoms with Crippen LogP contribution in [0.15, 0.2) is 0 Å². The summed E-state index contributed by atoms with van der Waals surface area (Å²) in [7, 11) is -3.82. The Kier molecular flexibility index (Phi) is 4.77. The molecule has 6 nitrogen and oxygen atoms in total. The Labute approximate surface area is 97.7 Å². The molecule has 1 saturated heterocycles. The molecule has 0 aliphatic carbocycles. The maximum Gasteiger partial charge on any atom is 0.402 e. The number of rotatable bonds is 4. The van der Waals surface area contributed by atoms with Gasteiger partial charge in [0.25, 0.3) is 0 Å². The summed E-state index contributed by atoms with van der Waals surface area (Å²) >= 11 is 0. The molecular weight excluding hydrogens is 271 g/mol. The van der Waals surface area contributed by atoms with Crippen LogP contribution in [-0.2, 0) is 22.7 Å². The highest BCUT2D eigenvalue weighted by atomic mass is 32.0. The molecule has 2 atom stereocenters. The minimum atomic E-state index is -3.37. The third-order valence-electron chi connectivity index (χ3n) is 2.48. The molecule has 0 amide bonds. The van der Waals surface area contributed by atoms with E-state index >= 15 is 0 Å². The summed E-state index contributed by atoms with van der Waals surface area (Å²) in [6.07, 6.45) is 0.706. The summed E-state index contributed by atoms with van der Waals surface area (Å²) in [6.45, 7) is 4.08. The molecule has 0 saturated carbocycles. The third kappa shape index (κ3) is 4.54. The average Bonchev–Trinajstić information content (AvgIpc) is 2.16. The first-order chi connectivity index (χ1) is 7.18. The van der Waals surface area contributed by atoms with Gasteiger partial charge in [0.1, 0.15) is 0 Å². The van der Waals surface area contributed by atoms with Gasteiger partial charge in [-0.1, -0.05) is 6.92 Å². The third-order valence-corrected chi connectivity index (χ3v) is 4.55. The molecule has 1 rings (SSSR count). The number of hydrogen-bond acceptors (Lipinski definition) is 5. The van der Waals surface area contributed by atoms with Gasteiger partial charge in [0, 0.05) is 12.1 Å². The fourth-order valence-electron chi connectivity index (χ4n) is 1.19. The summed E-state index contributed by atoms with van der Waals surface area (Å²) in [5.74, 6) is 0. The van der Waals surface area contributed by atoms with E-state index < -0.39 is 20.2 Å². The summed E-state index contributed by atoms with van der Waals surface area (Å²) in [5.41, 5.74) is 4.83. The monoisotopic (exact) mass is 289 g/mol. The Hall–Kier alpha value is 0.730. The Morgan fingerprint density at radius 2 is 2.06 bits per heavy atom. The van der Waals surface area contributed by atoms with Gasteiger partial charge in [0.05, 0.1) is 19.8 Å². The van der Waals surface area contributed by atoms with Gasteiger partial charge in [-0.3, -0.25) is 13.6 Å². The van der Waals surface area contributed by atoms with E-state index in [1.165, 1.54) is 6.66 Å². The lowest BCUT2D eigenvalue weighted by atomic mass is 9.88. The zero-order valence-electron chi connectivity index (χ0n) is 9.42. The second-order valence-electron chi connectivity index (χ2n) is 4.12. The van der Waals surface area contributed by atoms with Gasteiger partial charge < -0.3 is 4.52 Å². The Morgan fingerprint density at radius 1 is 1.56 bits per heavy atom. The van der Waals surface area contributed by atoms with E-state index in [-0.39, 0.29) is 19.8 Å². The van der Waals surface area contributed by atoms with Crippen molar-refractivity contribution in [3.05, 3.63) is 0 Å². The van der Waals surface area contributed by atoms with Crippen LogP contribution in [0.1, 0.15) is 13.3 Å². The van der Waals surface area contributed by atoms with Gasteiger partial charge in [-0.15, -0.1) is 0 Å². The Balaban J connectivity index is 2.60. The SMILES string of the molecule is CCC1(COP(C)(=O)P)COP(N)(=O)OC1. The van der Waals surface area contributed by atoms with Crippen molar-refractivity contribution in [3.63, 3.8) is 0 Å². The van der Waals surface area contributed by atoms with E-state index in [4.69, 9.17) is 19.1 Å². The molecule has 0 spiro atoms. The molecule has 1 fully saturated rings. The van der Waals surface area contributed by atoms with Crippen molar-refractivity contribution in [2.24, 2.45) is 10.9 Å². The normalized spacial score (nSPS) is 39.2. The number of hydrogen-bond donors (Lipinski definition) is 1. The zero-order valence-corrected chi connectivity index (χ0v) is 12.4. The molecule has 96 valence electrons. The number of nitrogens with two attached hydrogens (primary N) is 1. The molecule has 9 heteroatoms. The van der Waals surface area contributed by atoms with Crippen molar-refractivity contribution in [1.82, 2.24) is 0 Å². The van der Waals surface area contributed by atoms with Gasteiger partial charge in [-0.2, -0.15) is 0 Å². The fraction of sp³-hybridized carbons (Fsp3) is 1.00. The Morgan fingerprint density at radius 3 is 2.44 bits per heavy atom. The first-order valence-corrected chi connectivity index (χ1v) is 10.2. The van der Waals surface area contributed by atoms with Crippen molar-refractivity contribution in [3.8, 4) is 0 Å². The van der Waals surface area contributed by atoms with Crippen molar-refractivity contribution >= 4 is 23.7 Å². The highest BCUT2D eigenvalue weighted by Gasteiger charge is 2.40. The van der Waals surface area contributed by atoms with Crippen LogP contribution < -0.4 is 5.50 Å². The lowest BCUT2D eigenvalue weighted by molar-refractivity contribution is -0.0142. The quantitative estimate of drug-likeness (QED) is 0.798. The summed E-state index contributed by atoms with van der Waals surface area (Å²) < 4.78 is 37.9.